The minimum absolute atomic E-state index is 0.00942. The van der Waals surface area contributed by atoms with E-state index in [1.807, 2.05) is 26.0 Å². The first-order chi connectivity index (χ1) is 17.6. The summed E-state index contributed by atoms with van der Waals surface area (Å²) in [5.74, 6) is -0.581. The summed E-state index contributed by atoms with van der Waals surface area (Å²) in [5.41, 5.74) is 2.78. The van der Waals surface area contributed by atoms with Gasteiger partial charge >= 0.3 is 0 Å². The number of benzene rings is 3. The number of hydrogen-bond acceptors (Lipinski definition) is 4. The van der Waals surface area contributed by atoms with Crippen LogP contribution in [0.2, 0.25) is 0 Å². The van der Waals surface area contributed by atoms with Gasteiger partial charge in [0.1, 0.15) is 12.4 Å². The Balaban J connectivity index is 1.51. The molecular weight excluding hydrogens is 489 g/mol. The predicted octanol–water partition coefficient (Wildman–Crippen LogP) is 5.44. The monoisotopic (exact) mass is 523 g/mol. The molecule has 0 aliphatic carbocycles. The van der Waals surface area contributed by atoms with Crippen molar-refractivity contribution in [1.82, 2.24) is 5.32 Å². The summed E-state index contributed by atoms with van der Waals surface area (Å²) in [6.45, 7) is 7.48. The van der Waals surface area contributed by atoms with Crippen molar-refractivity contribution in [1.29, 1.82) is 0 Å². The van der Waals surface area contributed by atoms with E-state index in [4.69, 9.17) is 0 Å². The highest BCUT2D eigenvalue weighted by molar-refractivity contribution is 7.92. The number of aryl methyl sites for hydroxylation is 1. The van der Waals surface area contributed by atoms with E-state index in [1.54, 1.807) is 18.2 Å². The molecule has 6 nitrogen and oxygen atoms in total. The molecule has 196 valence electrons. The number of piperidine rings is 1. The van der Waals surface area contributed by atoms with E-state index in [-0.39, 0.29) is 16.6 Å². The van der Waals surface area contributed by atoms with Gasteiger partial charge in [-0.25, -0.2) is 12.8 Å². The molecule has 1 fully saturated rings. The molecule has 1 saturated heterocycles. The molecule has 3 aromatic rings. The van der Waals surface area contributed by atoms with E-state index in [0.29, 0.717) is 5.92 Å². The topological polar surface area (TPSA) is 69.7 Å². The lowest BCUT2D eigenvalue weighted by Crippen LogP contribution is -2.42. The minimum Gasteiger partial charge on any atom is -0.371 e. The van der Waals surface area contributed by atoms with Crippen LogP contribution in [-0.4, -0.2) is 34.0 Å². The maximum Gasteiger partial charge on any atom is 0.264 e. The summed E-state index contributed by atoms with van der Waals surface area (Å²) in [5, 5.41) is 2.87. The highest BCUT2D eigenvalue weighted by atomic mass is 32.2. The molecule has 2 unspecified atom stereocenters. The van der Waals surface area contributed by atoms with E-state index < -0.39 is 28.3 Å². The third-order valence-corrected chi connectivity index (χ3v) is 8.58. The largest absolute Gasteiger partial charge is 0.371 e. The van der Waals surface area contributed by atoms with Gasteiger partial charge in [0.15, 0.2) is 0 Å². The van der Waals surface area contributed by atoms with Gasteiger partial charge in [0.25, 0.3) is 10.0 Å². The molecule has 1 aliphatic rings. The summed E-state index contributed by atoms with van der Waals surface area (Å²) in [7, 11) is -4.18. The van der Waals surface area contributed by atoms with E-state index in [2.05, 4.69) is 29.3 Å². The van der Waals surface area contributed by atoms with Crippen molar-refractivity contribution >= 4 is 27.3 Å². The van der Waals surface area contributed by atoms with Crippen molar-refractivity contribution in [2.75, 3.05) is 28.8 Å². The summed E-state index contributed by atoms with van der Waals surface area (Å²) in [6, 6.07) is 19.6. The maximum atomic E-state index is 14.7. The number of carbonyl (C=O) groups excluding carboxylic acids is 1. The molecule has 0 aromatic heterocycles. The SMILES string of the molecule is Cc1ccc(S(=O)(=O)N(CC(=O)NC(C)c2ccc(N3CCCC(C)C3)cc2)c2ccccc2F)cc1. The average molecular weight is 524 g/mol. The molecule has 1 N–H and O–H groups in total. The number of sulfonamides is 1. The average Bonchev–Trinajstić information content (AvgIpc) is 2.88. The Hall–Kier alpha value is -3.39. The van der Waals surface area contributed by atoms with Crippen molar-refractivity contribution < 1.29 is 17.6 Å². The molecule has 0 spiro atoms. The third kappa shape index (κ3) is 6.31. The molecule has 2 atom stereocenters. The van der Waals surface area contributed by atoms with Crippen molar-refractivity contribution in [3.8, 4) is 0 Å². The van der Waals surface area contributed by atoms with Crippen molar-refractivity contribution in [3.05, 3.63) is 89.7 Å². The van der Waals surface area contributed by atoms with Gasteiger partial charge in [-0.1, -0.05) is 48.9 Å². The molecule has 3 aromatic carbocycles. The fourth-order valence-electron chi connectivity index (χ4n) is 4.69. The number of carbonyl (C=O) groups is 1. The van der Waals surface area contributed by atoms with Crippen LogP contribution in [0.15, 0.2) is 77.7 Å². The quantitative estimate of drug-likeness (QED) is 0.427. The van der Waals surface area contributed by atoms with Crippen LogP contribution in [0.3, 0.4) is 0 Å². The zero-order valence-corrected chi connectivity index (χ0v) is 22.3. The Morgan fingerprint density at radius 3 is 2.41 bits per heavy atom. The van der Waals surface area contributed by atoms with Gasteiger partial charge in [0.2, 0.25) is 5.91 Å². The smallest absolute Gasteiger partial charge is 0.264 e. The number of amides is 1. The Morgan fingerprint density at radius 1 is 1.08 bits per heavy atom. The molecule has 1 aliphatic heterocycles. The summed E-state index contributed by atoms with van der Waals surface area (Å²) in [4.78, 5) is 15.4. The van der Waals surface area contributed by atoms with Crippen LogP contribution in [0, 0.1) is 18.7 Å². The lowest BCUT2D eigenvalue weighted by molar-refractivity contribution is -0.120. The first kappa shape index (κ1) is 26.7. The summed E-state index contributed by atoms with van der Waals surface area (Å²) >= 11 is 0. The highest BCUT2D eigenvalue weighted by Crippen LogP contribution is 2.27. The van der Waals surface area contributed by atoms with Gasteiger partial charge < -0.3 is 10.2 Å². The number of nitrogens with zero attached hydrogens (tertiary/aromatic N) is 2. The second-order valence-corrected chi connectivity index (χ2v) is 11.7. The van der Waals surface area contributed by atoms with E-state index in [1.165, 1.54) is 43.2 Å². The third-order valence-electron chi connectivity index (χ3n) is 6.81. The van der Waals surface area contributed by atoms with Crippen LogP contribution in [0.5, 0.6) is 0 Å². The lowest BCUT2D eigenvalue weighted by atomic mass is 9.99. The predicted molar refractivity (Wildman–Crippen MR) is 146 cm³/mol. The first-order valence-electron chi connectivity index (χ1n) is 12.6. The van der Waals surface area contributed by atoms with Crippen LogP contribution in [0.4, 0.5) is 15.8 Å². The Bertz CT molecular complexity index is 1330. The number of nitrogens with one attached hydrogen (secondary N) is 1. The van der Waals surface area contributed by atoms with E-state index in [0.717, 1.165) is 34.2 Å². The van der Waals surface area contributed by atoms with Crippen LogP contribution in [0.1, 0.15) is 43.9 Å². The Labute approximate surface area is 219 Å². The molecule has 0 bridgehead atoms. The second kappa shape index (κ2) is 11.3. The van der Waals surface area contributed by atoms with Crippen molar-refractivity contribution in [2.24, 2.45) is 5.92 Å². The molecule has 0 saturated carbocycles. The van der Waals surface area contributed by atoms with Crippen LogP contribution >= 0.6 is 0 Å². The Kier molecular flexibility index (Phi) is 8.17. The van der Waals surface area contributed by atoms with Gasteiger partial charge in [-0.05, 0) is 74.6 Å². The van der Waals surface area contributed by atoms with Crippen LogP contribution < -0.4 is 14.5 Å². The Morgan fingerprint density at radius 2 is 1.76 bits per heavy atom. The van der Waals surface area contributed by atoms with Gasteiger partial charge in [0.05, 0.1) is 16.6 Å². The summed E-state index contributed by atoms with van der Waals surface area (Å²) < 4.78 is 42.5. The molecule has 8 heteroatoms. The standard InChI is InChI=1S/C29H34FN3O3S/c1-21-10-16-26(17-11-21)37(35,36)33(28-9-5-4-8-27(28)30)20-29(34)31-23(3)24-12-14-25(15-13-24)32-18-6-7-22(2)19-32/h4-5,8-17,22-23H,6-7,18-20H2,1-3H3,(H,31,34). The van der Waals surface area contributed by atoms with E-state index in [9.17, 15) is 17.6 Å². The fraction of sp³-hybridized carbons (Fsp3) is 0.345. The van der Waals surface area contributed by atoms with Gasteiger partial charge in [-0.3, -0.25) is 9.10 Å². The van der Waals surface area contributed by atoms with Crippen LogP contribution in [-0.2, 0) is 14.8 Å². The van der Waals surface area contributed by atoms with Gasteiger partial charge in [-0.15, -0.1) is 0 Å². The van der Waals surface area contributed by atoms with Gasteiger partial charge in [0, 0.05) is 18.8 Å². The zero-order chi connectivity index (χ0) is 26.6. The molecular formula is C29H34FN3O3S. The minimum atomic E-state index is -4.18. The number of rotatable bonds is 8. The molecule has 1 amide bonds. The number of halogens is 1. The van der Waals surface area contributed by atoms with E-state index >= 15 is 0 Å². The number of hydrogen-bond donors (Lipinski definition) is 1. The lowest BCUT2D eigenvalue weighted by Gasteiger charge is -2.33. The molecule has 0 radical (unpaired) electrons. The fourth-order valence-corrected chi connectivity index (χ4v) is 6.12. The highest BCUT2D eigenvalue weighted by Gasteiger charge is 2.29. The number of para-hydroxylation sites is 1. The van der Waals surface area contributed by atoms with Crippen molar-refractivity contribution in [3.63, 3.8) is 0 Å². The second-order valence-electron chi connectivity index (χ2n) is 9.85. The molecule has 4 rings (SSSR count). The molecule has 37 heavy (non-hydrogen) atoms. The van der Waals surface area contributed by atoms with Crippen LogP contribution in [0.25, 0.3) is 0 Å². The number of anilines is 2. The molecule has 1 heterocycles. The zero-order valence-electron chi connectivity index (χ0n) is 21.5. The van der Waals surface area contributed by atoms with Crippen molar-refractivity contribution in [2.45, 2.75) is 44.6 Å². The summed E-state index contributed by atoms with van der Waals surface area (Å²) in [6.07, 6.45) is 2.43. The first-order valence-corrected chi connectivity index (χ1v) is 14.1. The van der Waals surface area contributed by atoms with Gasteiger partial charge in [-0.2, -0.15) is 0 Å². The maximum absolute atomic E-state index is 14.7. The normalized spacial score (nSPS) is 16.8.